The van der Waals surface area contributed by atoms with E-state index in [0.717, 1.165) is 36.0 Å². The van der Waals surface area contributed by atoms with Gasteiger partial charge in [0.05, 0.1) is 18.2 Å². The van der Waals surface area contributed by atoms with Crippen molar-refractivity contribution in [1.82, 2.24) is 0 Å². The van der Waals surface area contributed by atoms with Gasteiger partial charge in [0.25, 0.3) is 0 Å². The van der Waals surface area contributed by atoms with Crippen LogP contribution in [-0.4, -0.2) is 19.1 Å². The van der Waals surface area contributed by atoms with Crippen molar-refractivity contribution in [1.29, 1.82) is 5.26 Å². The van der Waals surface area contributed by atoms with Gasteiger partial charge in [-0.1, -0.05) is 6.42 Å². The van der Waals surface area contributed by atoms with Crippen molar-refractivity contribution in [3.05, 3.63) is 28.2 Å². The van der Waals surface area contributed by atoms with Gasteiger partial charge in [0.2, 0.25) is 0 Å². The fraction of sp³-hybridized carbons (Fsp3) is 0.467. The van der Waals surface area contributed by atoms with Gasteiger partial charge < -0.3 is 10.1 Å². The fourth-order valence-corrected chi connectivity index (χ4v) is 2.27. The fourth-order valence-electron chi connectivity index (χ4n) is 1.76. The zero-order valence-electron chi connectivity index (χ0n) is 11.6. The lowest BCUT2D eigenvalue weighted by Crippen LogP contribution is -2.05. The molecule has 0 bridgehead atoms. The molecule has 20 heavy (non-hydrogen) atoms. The van der Waals surface area contributed by atoms with Gasteiger partial charge >= 0.3 is 5.97 Å². The normalized spacial score (nSPS) is 9.85. The number of anilines is 1. The Kier molecular flexibility index (Phi) is 7.74. The van der Waals surface area contributed by atoms with Crippen molar-refractivity contribution in [2.24, 2.45) is 0 Å². The van der Waals surface area contributed by atoms with E-state index >= 15 is 0 Å². The molecule has 0 saturated heterocycles. The average Bonchev–Trinajstić information content (AvgIpc) is 2.44. The number of nitriles is 1. The number of nitrogens with one attached hydrogen (secondary N) is 1. The third kappa shape index (κ3) is 6.07. The molecule has 4 nitrogen and oxygen atoms in total. The summed E-state index contributed by atoms with van der Waals surface area (Å²) in [7, 11) is 0. The Morgan fingerprint density at radius 3 is 2.85 bits per heavy atom. The van der Waals surface area contributed by atoms with E-state index in [2.05, 4.69) is 27.3 Å². The molecule has 0 aliphatic heterocycles. The SMILES string of the molecule is CCOC(=O)CCCCCNc1ccc(C#N)cc1Br. The topological polar surface area (TPSA) is 62.1 Å². The predicted molar refractivity (Wildman–Crippen MR) is 82.4 cm³/mol. The molecular formula is C15H19BrN2O2. The first-order valence-corrected chi connectivity index (χ1v) is 7.55. The highest BCUT2D eigenvalue weighted by atomic mass is 79.9. The van der Waals surface area contributed by atoms with Crippen LogP contribution in [0.25, 0.3) is 0 Å². The second-order valence-corrected chi connectivity index (χ2v) is 5.20. The molecular weight excluding hydrogens is 320 g/mol. The van der Waals surface area contributed by atoms with Gasteiger partial charge in [0.15, 0.2) is 0 Å². The van der Waals surface area contributed by atoms with Gasteiger partial charge in [0, 0.05) is 23.1 Å². The first-order chi connectivity index (χ1) is 9.67. The predicted octanol–water partition coefficient (Wildman–Crippen LogP) is 3.86. The average molecular weight is 339 g/mol. The molecule has 1 rings (SSSR count). The molecule has 0 fully saturated rings. The lowest BCUT2D eigenvalue weighted by molar-refractivity contribution is -0.143. The van der Waals surface area contributed by atoms with Crippen LogP contribution in [0.15, 0.2) is 22.7 Å². The van der Waals surface area contributed by atoms with Crippen LogP contribution in [0.5, 0.6) is 0 Å². The summed E-state index contributed by atoms with van der Waals surface area (Å²) in [6.07, 6.45) is 3.33. The van der Waals surface area contributed by atoms with Gasteiger partial charge in [-0.05, 0) is 53.9 Å². The molecule has 0 unspecified atom stereocenters. The maximum absolute atomic E-state index is 11.1. The summed E-state index contributed by atoms with van der Waals surface area (Å²) in [5.74, 6) is -0.115. The Balaban J connectivity index is 2.19. The number of halogens is 1. The van der Waals surface area contributed by atoms with E-state index in [1.807, 2.05) is 13.0 Å². The zero-order chi connectivity index (χ0) is 14.8. The third-order valence-electron chi connectivity index (χ3n) is 2.78. The first-order valence-electron chi connectivity index (χ1n) is 6.76. The molecule has 0 heterocycles. The van der Waals surface area contributed by atoms with Crippen LogP contribution >= 0.6 is 15.9 Å². The Labute approximate surface area is 128 Å². The lowest BCUT2D eigenvalue weighted by atomic mass is 10.2. The molecule has 0 aromatic heterocycles. The summed E-state index contributed by atoms with van der Waals surface area (Å²) in [5, 5.41) is 12.1. The summed E-state index contributed by atoms with van der Waals surface area (Å²) >= 11 is 3.43. The number of esters is 1. The molecule has 0 saturated carbocycles. The molecule has 0 aliphatic carbocycles. The summed E-state index contributed by atoms with van der Waals surface area (Å²) in [4.78, 5) is 11.1. The molecule has 5 heteroatoms. The van der Waals surface area contributed by atoms with Crippen LogP contribution in [0.4, 0.5) is 5.69 Å². The van der Waals surface area contributed by atoms with Gasteiger partial charge in [-0.15, -0.1) is 0 Å². The van der Waals surface area contributed by atoms with Crippen LogP contribution in [0.1, 0.15) is 38.2 Å². The Bertz CT molecular complexity index is 483. The Hall–Kier alpha value is -1.54. The highest BCUT2D eigenvalue weighted by molar-refractivity contribution is 9.10. The number of ether oxygens (including phenoxy) is 1. The van der Waals surface area contributed by atoms with Crippen molar-refractivity contribution in [3.8, 4) is 6.07 Å². The highest BCUT2D eigenvalue weighted by Crippen LogP contribution is 2.23. The number of benzene rings is 1. The molecule has 108 valence electrons. The Morgan fingerprint density at radius 2 is 2.20 bits per heavy atom. The van der Waals surface area contributed by atoms with E-state index in [-0.39, 0.29) is 5.97 Å². The molecule has 0 atom stereocenters. The number of unbranched alkanes of at least 4 members (excludes halogenated alkanes) is 2. The summed E-state index contributed by atoms with van der Waals surface area (Å²) in [6.45, 7) is 3.11. The number of hydrogen-bond acceptors (Lipinski definition) is 4. The second-order valence-electron chi connectivity index (χ2n) is 4.35. The quantitative estimate of drug-likeness (QED) is 0.577. The second kappa shape index (κ2) is 9.38. The minimum absolute atomic E-state index is 0.115. The van der Waals surface area contributed by atoms with E-state index in [1.54, 1.807) is 12.1 Å². The molecule has 1 aromatic rings. The maximum atomic E-state index is 11.1. The van der Waals surface area contributed by atoms with Gasteiger partial charge in [-0.25, -0.2) is 0 Å². The number of carbonyl (C=O) groups is 1. The standard InChI is InChI=1S/C15H19BrN2O2/c1-2-20-15(19)6-4-3-5-9-18-14-8-7-12(11-17)10-13(14)16/h7-8,10,18H,2-6,9H2,1H3. The van der Waals surface area contributed by atoms with Crippen LogP contribution in [0, 0.1) is 11.3 Å². The van der Waals surface area contributed by atoms with Gasteiger partial charge in [0.1, 0.15) is 0 Å². The summed E-state index contributed by atoms with van der Waals surface area (Å²) in [5.41, 5.74) is 1.62. The highest BCUT2D eigenvalue weighted by Gasteiger charge is 2.02. The largest absolute Gasteiger partial charge is 0.466 e. The van der Waals surface area contributed by atoms with E-state index in [1.165, 1.54) is 0 Å². The Morgan fingerprint density at radius 1 is 1.40 bits per heavy atom. The van der Waals surface area contributed by atoms with E-state index in [9.17, 15) is 4.79 Å². The molecule has 1 aromatic carbocycles. The monoisotopic (exact) mass is 338 g/mol. The lowest BCUT2D eigenvalue weighted by Gasteiger charge is -2.08. The minimum Gasteiger partial charge on any atom is -0.466 e. The molecule has 0 radical (unpaired) electrons. The number of nitrogens with zero attached hydrogens (tertiary/aromatic N) is 1. The minimum atomic E-state index is -0.115. The molecule has 0 spiro atoms. The third-order valence-corrected chi connectivity index (χ3v) is 3.43. The first kappa shape index (κ1) is 16.5. The van der Waals surface area contributed by atoms with E-state index < -0.39 is 0 Å². The summed E-state index contributed by atoms with van der Waals surface area (Å²) in [6, 6.07) is 7.57. The maximum Gasteiger partial charge on any atom is 0.305 e. The molecule has 1 N–H and O–H groups in total. The van der Waals surface area contributed by atoms with Gasteiger partial charge in [-0.2, -0.15) is 5.26 Å². The van der Waals surface area contributed by atoms with Crippen molar-refractivity contribution >= 4 is 27.6 Å². The summed E-state index contributed by atoms with van der Waals surface area (Å²) < 4.78 is 5.76. The van der Waals surface area contributed by atoms with Crippen LogP contribution in [0.3, 0.4) is 0 Å². The number of hydrogen-bond donors (Lipinski definition) is 1. The number of carbonyl (C=O) groups excluding carboxylic acids is 1. The van der Waals surface area contributed by atoms with E-state index in [0.29, 0.717) is 18.6 Å². The number of rotatable bonds is 8. The molecule has 0 aliphatic rings. The zero-order valence-corrected chi connectivity index (χ0v) is 13.2. The van der Waals surface area contributed by atoms with Crippen molar-refractivity contribution < 1.29 is 9.53 Å². The smallest absolute Gasteiger partial charge is 0.305 e. The van der Waals surface area contributed by atoms with Crippen LogP contribution < -0.4 is 5.32 Å². The van der Waals surface area contributed by atoms with Crippen molar-refractivity contribution in [3.63, 3.8) is 0 Å². The van der Waals surface area contributed by atoms with Gasteiger partial charge in [-0.3, -0.25) is 4.79 Å². The van der Waals surface area contributed by atoms with E-state index in [4.69, 9.17) is 10.00 Å². The van der Waals surface area contributed by atoms with Crippen LogP contribution in [0.2, 0.25) is 0 Å². The molecule has 0 amide bonds. The van der Waals surface area contributed by atoms with Crippen LogP contribution in [-0.2, 0) is 9.53 Å². The van der Waals surface area contributed by atoms with Crippen molar-refractivity contribution in [2.45, 2.75) is 32.6 Å². The van der Waals surface area contributed by atoms with Crippen molar-refractivity contribution in [2.75, 3.05) is 18.5 Å².